The highest BCUT2D eigenvalue weighted by Gasteiger charge is 2.41. The molecule has 0 aliphatic rings. The summed E-state index contributed by atoms with van der Waals surface area (Å²) in [6, 6.07) is 5.51. The summed E-state index contributed by atoms with van der Waals surface area (Å²) in [6.45, 7) is 0. The maximum absolute atomic E-state index is 12.0. The van der Waals surface area contributed by atoms with Crippen molar-refractivity contribution in [2.24, 2.45) is 0 Å². The van der Waals surface area contributed by atoms with Crippen molar-refractivity contribution in [2.45, 2.75) is 6.18 Å². The van der Waals surface area contributed by atoms with E-state index in [1.165, 1.54) is 24.3 Å². The number of benzene rings is 1. The van der Waals surface area contributed by atoms with E-state index in [0.717, 1.165) is 7.05 Å². The van der Waals surface area contributed by atoms with Crippen molar-refractivity contribution in [1.82, 2.24) is 0 Å². The highest BCUT2D eigenvalue weighted by Crippen LogP contribution is 2.23. The zero-order chi connectivity index (χ0) is 11.6. The van der Waals surface area contributed by atoms with Crippen molar-refractivity contribution in [3.8, 4) is 0 Å². The van der Waals surface area contributed by atoms with Gasteiger partial charge in [-0.3, -0.25) is 4.79 Å². The largest absolute Gasteiger partial charge is 0.471 e. The first-order valence-electron chi connectivity index (χ1n) is 3.93. The van der Waals surface area contributed by atoms with Gasteiger partial charge in [-0.25, -0.2) is 0 Å². The van der Waals surface area contributed by atoms with Crippen LogP contribution in [0, 0.1) is 0 Å². The molecule has 0 radical (unpaired) electrons. The van der Waals surface area contributed by atoms with E-state index in [1.54, 1.807) is 0 Å². The molecule has 2 nitrogen and oxygen atoms in total. The summed E-state index contributed by atoms with van der Waals surface area (Å²) in [5.41, 5.74) is 0.140. The first-order chi connectivity index (χ1) is 6.82. The molecule has 1 rings (SSSR count). The first kappa shape index (κ1) is 11.8. The Morgan fingerprint density at radius 1 is 1.27 bits per heavy atom. The minimum atomic E-state index is -4.87. The molecule has 0 bridgehead atoms. The quantitative estimate of drug-likeness (QED) is 0.736. The Balaban J connectivity index is 2.90. The van der Waals surface area contributed by atoms with Crippen LogP contribution in [0.25, 0.3) is 0 Å². The summed E-state index contributed by atoms with van der Waals surface area (Å²) in [4.78, 5) is 11.3. The molecule has 0 fully saturated rings. The topological polar surface area (TPSA) is 20.3 Å². The number of amides is 1. The number of carbonyl (C=O) groups excluding carboxylic acids is 1. The Hall–Kier alpha value is -1.23. The minimum absolute atomic E-state index is 0.140. The van der Waals surface area contributed by atoms with Gasteiger partial charge in [-0.15, -0.1) is 0 Å². The third-order valence-electron chi connectivity index (χ3n) is 1.76. The lowest BCUT2D eigenvalue weighted by atomic mass is 10.3. The summed E-state index contributed by atoms with van der Waals surface area (Å²) in [6.07, 6.45) is -4.87. The Kier molecular flexibility index (Phi) is 3.24. The molecule has 0 spiro atoms. The lowest BCUT2D eigenvalue weighted by Gasteiger charge is -2.18. The van der Waals surface area contributed by atoms with Crippen LogP contribution in [0.4, 0.5) is 18.9 Å². The lowest BCUT2D eigenvalue weighted by Crippen LogP contribution is -2.38. The van der Waals surface area contributed by atoms with Gasteiger partial charge in [0.1, 0.15) is 0 Å². The number of hydrogen-bond acceptors (Lipinski definition) is 1. The fraction of sp³-hybridized carbons (Fsp3) is 0.222. The number of carbonyl (C=O) groups is 1. The maximum atomic E-state index is 12.0. The molecular formula is C9H7ClF3NO. The fourth-order valence-corrected chi connectivity index (χ4v) is 1.10. The number of hydrogen-bond donors (Lipinski definition) is 0. The molecule has 15 heavy (non-hydrogen) atoms. The van der Waals surface area contributed by atoms with Gasteiger partial charge in [0.2, 0.25) is 0 Å². The summed E-state index contributed by atoms with van der Waals surface area (Å²) in [5.74, 6) is -1.91. The number of anilines is 1. The third-order valence-corrected chi connectivity index (χ3v) is 2.01. The van der Waals surface area contributed by atoms with Crippen LogP contribution in [0.15, 0.2) is 24.3 Å². The Morgan fingerprint density at radius 2 is 1.73 bits per heavy atom. The van der Waals surface area contributed by atoms with E-state index in [1.807, 2.05) is 0 Å². The summed E-state index contributed by atoms with van der Waals surface area (Å²) in [7, 11) is 1.05. The number of halogens is 4. The molecular weight excluding hydrogens is 231 g/mol. The Morgan fingerprint density at radius 3 is 2.13 bits per heavy atom. The molecule has 0 unspecified atom stereocenters. The van der Waals surface area contributed by atoms with E-state index < -0.39 is 12.1 Å². The van der Waals surface area contributed by atoms with Crippen LogP contribution in [-0.2, 0) is 4.79 Å². The number of nitrogens with zero attached hydrogens (tertiary/aromatic N) is 1. The van der Waals surface area contributed by atoms with Crippen LogP contribution < -0.4 is 4.90 Å². The van der Waals surface area contributed by atoms with Crippen molar-refractivity contribution < 1.29 is 18.0 Å². The van der Waals surface area contributed by atoms with E-state index in [0.29, 0.717) is 9.92 Å². The predicted molar refractivity (Wildman–Crippen MR) is 50.9 cm³/mol. The monoisotopic (exact) mass is 237 g/mol. The molecule has 0 saturated heterocycles. The van der Waals surface area contributed by atoms with Gasteiger partial charge in [0.25, 0.3) is 0 Å². The van der Waals surface area contributed by atoms with Crippen molar-refractivity contribution >= 4 is 23.2 Å². The molecule has 0 heterocycles. The van der Waals surface area contributed by atoms with Gasteiger partial charge in [-0.1, -0.05) is 11.6 Å². The van der Waals surface area contributed by atoms with E-state index in [9.17, 15) is 18.0 Å². The zero-order valence-electron chi connectivity index (χ0n) is 7.68. The second kappa shape index (κ2) is 4.10. The predicted octanol–water partition coefficient (Wildman–Crippen LogP) is 2.87. The molecule has 0 aromatic heterocycles. The van der Waals surface area contributed by atoms with Crippen LogP contribution in [0.5, 0.6) is 0 Å². The SMILES string of the molecule is CN(C(=O)C(F)(F)F)c1ccc(Cl)cc1. The van der Waals surface area contributed by atoms with Gasteiger partial charge >= 0.3 is 12.1 Å². The standard InChI is InChI=1S/C9H7ClF3NO/c1-14(8(15)9(11,12)13)7-4-2-6(10)3-5-7/h2-5H,1H3. The summed E-state index contributed by atoms with van der Waals surface area (Å²) in [5, 5.41) is 0.395. The van der Waals surface area contributed by atoms with Gasteiger partial charge in [-0.05, 0) is 24.3 Å². The zero-order valence-corrected chi connectivity index (χ0v) is 8.43. The fourth-order valence-electron chi connectivity index (χ4n) is 0.972. The Labute approximate surface area is 89.2 Å². The average molecular weight is 238 g/mol. The van der Waals surface area contributed by atoms with Crippen LogP contribution in [0.1, 0.15) is 0 Å². The van der Waals surface area contributed by atoms with E-state index in [-0.39, 0.29) is 5.69 Å². The number of rotatable bonds is 1. The highest BCUT2D eigenvalue weighted by atomic mass is 35.5. The summed E-state index contributed by atoms with van der Waals surface area (Å²) >= 11 is 5.56. The van der Waals surface area contributed by atoms with Crippen molar-refractivity contribution in [3.63, 3.8) is 0 Å². The van der Waals surface area contributed by atoms with Crippen molar-refractivity contribution in [2.75, 3.05) is 11.9 Å². The van der Waals surface area contributed by atoms with E-state index >= 15 is 0 Å². The minimum Gasteiger partial charge on any atom is -0.308 e. The molecule has 0 aliphatic heterocycles. The molecule has 82 valence electrons. The lowest BCUT2D eigenvalue weighted by molar-refractivity contribution is -0.170. The van der Waals surface area contributed by atoms with Gasteiger partial charge in [-0.2, -0.15) is 13.2 Å². The van der Waals surface area contributed by atoms with Crippen molar-refractivity contribution in [1.29, 1.82) is 0 Å². The normalized spacial score (nSPS) is 11.3. The molecule has 6 heteroatoms. The van der Waals surface area contributed by atoms with Crippen molar-refractivity contribution in [3.05, 3.63) is 29.3 Å². The molecule has 0 aliphatic carbocycles. The second-order valence-corrected chi connectivity index (χ2v) is 3.27. The second-order valence-electron chi connectivity index (χ2n) is 2.84. The highest BCUT2D eigenvalue weighted by molar-refractivity contribution is 6.30. The molecule has 1 amide bonds. The smallest absolute Gasteiger partial charge is 0.308 e. The summed E-state index contributed by atoms with van der Waals surface area (Å²) < 4.78 is 36.1. The molecule has 0 saturated carbocycles. The molecule has 1 aromatic rings. The van der Waals surface area contributed by atoms with E-state index in [2.05, 4.69) is 0 Å². The average Bonchev–Trinajstić information content (AvgIpc) is 2.15. The van der Waals surface area contributed by atoms with Gasteiger partial charge < -0.3 is 4.90 Å². The number of alkyl halides is 3. The molecule has 0 atom stereocenters. The van der Waals surface area contributed by atoms with E-state index in [4.69, 9.17) is 11.6 Å². The van der Waals surface area contributed by atoms with Crippen LogP contribution in [-0.4, -0.2) is 19.1 Å². The molecule has 0 N–H and O–H groups in total. The van der Waals surface area contributed by atoms with Crippen LogP contribution >= 0.6 is 11.6 Å². The maximum Gasteiger partial charge on any atom is 0.471 e. The Bertz CT molecular complexity index is 361. The van der Waals surface area contributed by atoms with Gasteiger partial charge in [0, 0.05) is 17.8 Å². The third kappa shape index (κ3) is 2.86. The van der Waals surface area contributed by atoms with Gasteiger partial charge in [0.15, 0.2) is 0 Å². The van der Waals surface area contributed by atoms with Crippen LogP contribution in [0.2, 0.25) is 5.02 Å². The first-order valence-corrected chi connectivity index (χ1v) is 4.30. The van der Waals surface area contributed by atoms with Gasteiger partial charge in [0.05, 0.1) is 0 Å². The van der Waals surface area contributed by atoms with Crippen LogP contribution in [0.3, 0.4) is 0 Å². The molecule has 1 aromatic carbocycles.